The van der Waals surface area contributed by atoms with Crippen molar-refractivity contribution in [3.8, 4) is 11.5 Å². The zero-order chi connectivity index (χ0) is 34.3. The van der Waals surface area contributed by atoms with E-state index in [-0.39, 0.29) is 39.2 Å². The molecule has 2 aliphatic rings. The smallest absolute Gasteiger partial charge is 0.352 e. The number of fused-ring (bicyclic) bond motifs is 2. The molecule has 0 aliphatic carbocycles. The molecular formula is C27H23N9O9S3. The number of anilines is 1. The predicted molar refractivity (Wildman–Crippen MR) is 171 cm³/mol. The van der Waals surface area contributed by atoms with Crippen LogP contribution in [0, 0.1) is 6.92 Å². The molecule has 5 heterocycles. The van der Waals surface area contributed by atoms with Crippen LogP contribution in [0.2, 0.25) is 0 Å². The molecule has 3 aromatic heterocycles. The standard InChI is InChI=1S/C27H23N9O9S3/c1-10-2-17(36-27(31-10)29-9-30-36)46-6-12-7-47-23-19(22(40)35(23)20(12)25(43)44)33-21(39)18(14-8-48-26(28)32-14)34-45-5-11-3-15(37)16(38)4-13(11)24(41)42/h2-4,8-9,19,23,37-38H,5-7H2,1H3,(H2,28,32)(H,33,39)(H,41,42)(H,43,44)/b34-18-/t19-,23-/m1/s1. The number of rotatable bonds is 11. The van der Waals surface area contributed by atoms with Crippen molar-refractivity contribution in [2.24, 2.45) is 5.16 Å². The number of aryl methyl sites for hydroxylation is 1. The van der Waals surface area contributed by atoms with Crippen molar-refractivity contribution < 1.29 is 44.4 Å². The number of carbonyl (C=O) groups excluding carboxylic acids is 2. The lowest BCUT2D eigenvalue weighted by Crippen LogP contribution is -2.71. The molecule has 21 heteroatoms. The summed E-state index contributed by atoms with van der Waals surface area (Å²) in [6.07, 6.45) is 1.37. The number of phenols is 2. The van der Waals surface area contributed by atoms with E-state index >= 15 is 0 Å². The maximum atomic E-state index is 13.4. The number of aromatic nitrogens is 5. The molecule has 2 amide bonds. The van der Waals surface area contributed by atoms with Gasteiger partial charge in [-0.3, -0.25) is 14.5 Å². The Hall–Kier alpha value is -5.41. The van der Waals surface area contributed by atoms with Crippen LogP contribution in [0.25, 0.3) is 5.78 Å². The summed E-state index contributed by atoms with van der Waals surface area (Å²) in [4.78, 5) is 69.6. The van der Waals surface area contributed by atoms with Gasteiger partial charge in [0.15, 0.2) is 22.3 Å². The van der Waals surface area contributed by atoms with E-state index in [1.54, 1.807) is 13.0 Å². The SMILES string of the molecule is Cc1cc(SCC2=C(C(=O)O)N3C(=O)[C@@H](NC(=O)/C(=N\OCc4cc(O)c(O)cc4C(=O)O)c4csc(N)n4)[C@H]3SC2)n2ncnc2n1. The van der Waals surface area contributed by atoms with Crippen molar-refractivity contribution in [2.75, 3.05) is 17.2 Å². The maximum Gasteiger partial charge on any atom is 0.352 e. The van der Waals surface area contributed by atoms with Gasteiger partial charge in [-0.25, -0.2) is 19.6 Å². The maximum absolute atomic E-state index is 13.4. The fourth-order valence-electron chi connectivity index (χ4n) is 4.87. The third-order valence-electron chi connectivity index (χ3n) is 7.06. The molecule has 248 valence electrons. The van der Waals surface area contributed by atoms with E-state index in [0.29, 0.717) is 22.1 Å². The largest absolute Gasteiger partial charge is 0.504 e. The number of nitrogens with one attached hydrogen (secondary N) is 1. The van der Waals surface area contributed by atoms with Gasteiger partial charge in [-0.05, 0) is 30.7 Å². The minimum atomic E-state index is -1.41. The normalized spacial score (nSPS) is 17.6. The summed E-state index contributed by atoms with van der Waals surface area (Å²) in [5.41, 5.74) is 5.95. The molecule has 0 radical (unpaired) electrons. The average Bonchev–Trinajstić information content (AvgIpc) is 3.70. The number of carbonyl (C=O) groups is 4. The second-order valence-corrected chi connectivity index (χ2v) is 13.2. The van der Waals surface area contributed by atoms with E-state index in [9.17, 15) is 39.6 Å². The van der Waals surface area contributed by atoms with E-state index in [4.69, 9.17) is 10.6 Å². The first kappa shape index (κ1) is 32.5. The summed E-state index contributed by atoms with van der Waals surface area (Å²) in [7, 11) is 0. The van der Waals surface area contributed by atoms with Gasteiger partial charge in [0.2, 0.25) is 0 Å². The number of benzene rings is 1. The number of nitrogens with two attached hydrogens (primary N) is 1. The van der Waals surface area contributed by atoms with Crippen LogP contribution in [-0.2, 0) is 25.8 Å². The molecule has 0 saturated carbocycles. The van der Waals surface area contributed by atoms with E-state index in [1.807, 2.05) is 0 Å². The number of aromatic hydroxyl groups is 2. The lowest BCUT2D eigenvalue weighted by molar-refractivity contribution is -0.150. The quantitative estimate of drug-likeness (QED) is 0.0316. The van der Waals surface area contributed by atoms with Crippen molar-refractivity contribution >= 4 is 75.2 Å². The van der Waals surface area contributed by atoms with Crippen LogP contribution >= 0.6 is 34.9 Å². The van der Waals surface area contributed by atoms with Crippen molar-refractivity contribution in [2.45, 2.75) is 30.0 Å². The number of hydrogen-bond acceptors (Lipinski definition) is 16. The number of thiazole rings is 1. The van der Waals surface area contributed by atoms with Crippen LogP contribution in [0.1, 0.15) is 27.3 Å². The van der Waals surface area contributed by atoms with Crippen molar-refractivity contribution in [1.29, 1.82) is 0 Å². The number of phenolic OH excluding ortho intramolecular Hbond substituents is 2. The molecule has 1 fully saturated rings. The molecule has 6 rings (SSSR count). The highest BCUT2D eigenvalue weighted by molar-refractivity contribution is 8.01. The van der Waals surface area contributed by atoms with Crippen molar-refractivity contribution in [3.05, 3.63) is 63.7 Å². The minimum Gasteiger partial charge on any atom is -0.504 e. The Morgan fingerprint density at radius 1 is 1.17 bits per heavy atom. The Kier molecular flexibility index (Phi) is 8.81. The number of β-lactam (4-membered cyclic amide) rings is 1. The molecule has 48 heavy (non-hydrogen) atoms. The summed E-state index contributed by atoms with van der Waals surface area (Å²) in [5.74, 6) is -4.59. The van der Waals surface area contributed by atoms with Crippen LogP contribution in [-0.4, -0.2) is 102 Å². The van der Waals surface area contributed by atoms with Gasteiger partial charge in [0.05, 0.1) is 5.56 Å². The number of thioether (sulfide) groups is 2. The number of hydrogen-bond donors (Lipinski definition) is 6. The van der Waals surface area contributed by atoms with Gasteiger partial charge in [0.25, 0.3) is 17.6 Å². The van der Waals surface area contributed by atoms with Crippen LogP contribution in [0.5, 0.6) is 11.5 Å². The number of nitrogens with zero attached hydrogens (tertiary/aromatic N) is 7. The number of nitrogen functional groups attached to an aromatic ring is 1. The first-order valence-electron chi connectivity index (χ1n) is 13.6. The van der Waals surface area contributed by atoms with Crippen LogP contribution in [0.15, 0.2) is 51.4 Å². The van der Waals surface area contributed by atoms with Gasteiger partial charge in [0, 0.05) is 28.1 Å². The van der Waals surface area contributed by atoms with Crippen LogP contribution in [0.4, 0.5) is 5.13 Å². The van der Waals surface area contributed by atoms with Crippen molar-refractivity contribution in [1.82, 2.24) is 34.8 Å². The van der Waals surface area contributed by atoms with Gasteiger partial charge >= 0.3 is 11.9 Å². The fourth-order valence-corrected chi connectivity index (χ4v) is 7.96. The Morgan fingerprint density at radius 2 is 1.94 bits per heavy atom. The predicted octanol–water partition coefficient (Wildman–Crippen LogP) is 1.03. The number of amides is 2. The van der Waals surface area contributed by atoms with Gasteiger partial charge in [-0.1, -0.05) is 5.16 Å². The number of aromatic carboxylic acids is 1. The zero-order valence-electron chi connectivity index (χ0n) is 24.4. The Bertz CT molecular complexity index is 2060. The van der Waals surface area contributed by atoms with Gasteiger partial charge in [-0.15, -0.1) is 34.9 Å². The van der Waals surface area contributed by atoms with Gasteiger partial charge in [0.1, 0.15) is 40.8 Å². The summed E-state index contributed by atoms with van der Waals surface area (Å²) < 4.78 is 1.54. The lowest BCUT2D eigenvalue weighted by atomic mass is 10.0. The average molecular weight is 714 g/mol. The summed E-state index contributed by atoms with van der Waals surface area (Å²) >= 11 is 3.60. The van der Waals surface area contributed by atoms with Gasteiger partial charge < -0.3 is 36.3 Å². The molecule has 0 spiro atoms. The molecule has 1 aromatic carbocycles. The van der Waals surface area contributed by atoms with Crippen LogP contribution in [0.3, 0.4) is 0 Å². The highest BCUT2D eigenvalue weighted by atomic mass is 32.2. The van der Waals surface area contributed by atoms with Crippen LogP contribution < -0.4 is 11.1 Å². The summed E-state index contributed by atoms with van der Waals surface area (Å²) in [6, 6.07) is 2.50. The molecule has 4 aromatic rings. The zero-order valence-corrected chi connectivity index (χ0v) is 26.9. The molecule has 0 bridgehead atoms. The topological polar surface area (TPSA) is 268 Å². The highest BCUT2D eigenvalue weighted by Gasteiger charge is 2.54. The monoisotopic (exact) mass is 713 g/mol. The van der Waals surface area contributed by atoms with E-state index in [2.05, 4.69) is 30.5 Å². The summed E-state index contributed by atoms with van der Waals surface area (Å²) in [5, 5.41) is 51.1. The van der Waals surface area contributed by atoms with Crippen molar-refractivity contribution in [3.63, 3.8) is 0 Å². The number of oxime groups is 1. The number of aliphatic carboxylic acids is 1. The summed E-state index contributed by atoms with van der Waals surface area (Å²) in [6.45, 7) is 1.27. The van der Waals surface area contributed by atoms with Gasteiger partial charge in [-0.2, -0.15) is 14.6 Å². The third-order valence-corrected chi connectivity index (χ3v) is 10.2. The first-order chi connectivity index (χ1) is 22.9. The second kappa shape index (κ2) is 13.0. The number of carboxylic acid groups (broad SMARTS) is 2. The van der Waals surface area contributed by atoms with E-state index < -0.39 is 59.0 Å². The molecule has 0 unspecified atom stereocenters. The number of carboxylic acids is 2. The fraction of sp³-hybridized carbons (Fsp3) is 0.222. The molecule has 2 atom stereocenters. The highest BCUT2D eigenvalue weighted by Crippen LogP contribution is 2.41. The van der Waals surface area contributed by atoms with E-state index in [0.717, 1.165) is 28.4 Å². The second-order valence-electron chi connectivity index (χ2n) is 10.2. The molecule has 18 nitrogen and oxygen atoms in total. The van der Waals surface area contributed by atoms with E-state index in [1.165, 1.54) is 39.7 Å². The molecular weight excluding hydrogens is 691 g/mol. The molecule has 2 aliphatic heterocycles. The lowest BCUT2D eigenvalue weighted by Gasteiger charge is -2.49. The Labute approximate surface area is 281 Å². The molecule has 7 N–H and O–H groups in total. The third kappa shape index (κ3) is 6.16. The minimum absolute atomic E-state index is 0.000192. The molecule has 1 saturated heterocycles. The Balaban J connectivity index is 1.19. The first-order valence-corrected chi connectivity index (χ1v) is 16.5. The Morgan fingerprint density at radius 3 is 2.65 bits per heavy atom.